The second-order valence-electron chi connectivity index (χ2n) is 3.75. The van der Waals surface area contributed by atoms with E-state index in [0.717, 1.165) is 18.6 Å². The molecule has 17 heavy (non-hydrogen) atoms. The average molecular weight is 260 g/mol. The van der Waals surface area contributed by atoms with E-state index in [-0.39, 0.29) is 10.6 Å². The van der Waals surface area contributed by atoms with Crippen molar-refractivity contribution < 1.29 is 13.5 Å². The molecule has 92 valence electrons. The maximum absolute atomic E-state index is 13.7. The second-order valence-corrected chi connectivity index (χ2v) is 4.16. The minimum Gasteiger partial charge on any atom is -0.496 e. The normalized spacial score (nSPS) is 16.6. The van der Waals surface area contributed by atoms with Crippen molar-refractivity contribution in [3.63, 3.8) is 0 Å². The van der Waals surface area contributed by atoms with Gasteiger partial charge in [-0.25, -0.2) is 8.78 Å². The van der Waals surface area contributed by atoms with Crippen molar-refractivity contribution in [2.75, 3.05) is 13.7 Å². The molecule has 0 saturated carbocycles. The molecule has 0 saturated heterocycles. The Balaban J connectivity index is 2.40. The lowest BCUT2D eigenvalue weighted by Gasteiger charge is -2.18. The molecule has 0 aliphatic carbocycles. The van der Waals surface area contributed by atoms with Gasteiger partial charge in [0.2, 0.25) is 0 Å². The molecular weight excluding hydrogens is 248 g/mol. The molecule has 1 aliphatic rings. The Hall–Kier alpha value is -1.13. The predicted octanol–water partition coefficient (Wildman–Crippen LogP) is 3.18. The van der Waals surface area contributed by atoms with Gasteiger partial charge < -0.3 is 10.1 Å². The maximum Gasteiger partial charge on any atom is 0.142 e. The van der Waals surface area contributed by atoms with E-state index in [2.05, 4.69) is 5.32 Å². The van der Waals surface area contributed by atoms with Crippen LogP contribution < -0.4 is 5.32 Å². The van der Waals surface area contributed by atoms with Crippen LogP contribution in [0, 0.1) is 11.6 Å². The minimum absolute atomic E-state index is 0.197. The van der Waals surface area contributed by atoms with Gasteiger partial charge in [0, 0.05) is 12.0 Å². The van der Waals surface area contributed by atoms with E-state index < -0.39 is 17.7 Å². The molecule has 0 radical (unpaired) electrons. The zero-order valence-corrected chi connectivity index (χ0v) is 10.0. The van der Waals surface area contributed by atoms with Crippen LogP contribution in [0.2, 0.25) is 5.02 Å². The first kappa shape index (κ1) is 12.3. The average Bonchev–Trinajstić information content (AvgIpc) is 2.80. The van der Waals surface area contributed by atoms with Crippen LogP contribution >= 0.6 is 11.6 Å². The summed E-state index contributed by atoms with van der Waals surface area (Å²) in [5.41, 5.74) is 0.197. The van der Waals surface area contributed by atoms with E-state index in [9.17, 15) is 8.78 Å². The van der Waals surface area contributed by atoms with E-state index in [1.807, 2.05) is 6.08 Å². The monoisotopic (exact) mass is 259 g/mol. The van der Waals surface area contributed by atoms with Gasteiger partial charge in [0.15, 0.2) is 0 Å². The SMILES string of the molecule is CNC(C1=CCCO1)c1cc(F)c(Cl)cc1F. The van der Waals surface area contributed by atoms with Crippen LogP contribution in [0.5, 0.6) is 0 Å². The molecule has 5 heteroatoms. The molecule has 1 aromatic carbocycles. The summed E-state index contributed by atoms with van der Waals surface area (Å²) < 4.78 is 32.5. The van der Waals surface area contributed by atoms with Gasteiger partial charge in [-0.05, 0) is 25.3 Å². The Labute approximate surface area is 103 Å². The molecule has 1 aromatic rings. The number of ether oxygens (including phenoxy) is 1. The van der Waals surface area contributed by atoms with Gasteiger partial charge in [-0.15, -0.1) is 0 Å². The lowest BCUT2D eigenvalue weighted by atomic mass is 10.0. The van der Waals surface area contributed by atoms with E-state index in [1.54, 1.807) is 7.05 Å². The largest absolute Gasteiger partial charge is 0.496 e. The fourth-order valence-corrected chi connectivity index (χ4v) is 2.00. The van der Waals surface area contributed by atoms with Crippen LogP contribution in [-0.4, -0.2) is 13.7 Å². The Kier molecular flexibility index (Phi) is 3.64. The van der Waals surface area contributed by atoms with Crippen LogP contribution in [0.25, 0.3) is 0 Å². The summed E-state index contributed by atoms with van der Waals surface area (Å²) in [5, 5.41) is 2.68. The molecule has 1 aliphatic heterocycles. The lowest BCUT2D eigenvalue weighted by Crippen LogP contribution is -2.20. The maximum atomic E-state index is 13.7. The molecule has 1 atom stereocenters. The zero-order chi connectivity index (χ0) is 12.4. The number of hydrogen-bond donors (Lipinski definition) is 1. The highest BCUT2D eigenvalue weighted by molar-refractivity contribution is 6.30. The van der Waals surface area contributed by atoms with Crippen molar-refractivity contribution in [2.45, 2.75) is 12.5 Å². The molecule has 0 spiro atoms. The number of rotatable bonds is 3. The smallest absolute Gasteiger partial charge is 0.142 e. The molecule has 1 heterocycles. The quantitative estimate of drug-likeness (QED) is 0.842. The summed E-state index contributed by atoms with van der Waals surface area (Å²) >= 11 is 5.51. The molecule has 0 amide bonds. The van der Waals surface area contributed by atoms with E-state index in [4.69, 9.17) is 16.3 Å². The Morgan fingerprint density at radius 1 is 1.35 bits per heavy atom. The highest BCUT2D eigenvalue weighted by atomic mass is 35.5. The summed E-state index contributed by atoms with van der Waals surface area (Å²) in [7, 11) is 1.67. The van der Waals surface area contributed by atoms with Crippen molar-refractivity contribution in [3.8, 4) is 0 Å². The van der Waals surface area contributed by atoms with Crippen LogP contribution in [0.4, 0.5) is 8.78 Å². The van der Waals surface area contributed by atoms with Gasteiger partial charge in [0.05, 0.1) is 17.7 Å². The fourth-order valence-electron chi connectivity index (χ4n) is 1.85. The first-order valence-corrected chi connectivity index (χ1v) is 5.66. The Bertz CT molecular complexity index is 462. The predicted molar refractivity (Wildman–Crippen MR) is 61.8 cm³/mol. The Morgan fingerprint density at radius 3 is 2.71 bits per heavy atom. The van der Waals surface area contributed by atoms with Gasteiger partial charge in [-0.3, -0.25) is 0 Å². The number of hydrogen-bond acceptors (Lipinski definition) is 2. The van der Waals surface area contributed by atoms with Crippen molar-refractivity contribution >= 4 is 11.6 Å². The fraction of sp³-hybridized carbons (Fsp3) is 0.333. The third kappa shape index (κ3) is 2.42. The molecule has 2 rings (SSSR count). The summed E-state index contributed by atoms with van der Waals surface area (Å²) in [6, 6.07) is 1.59. The molecule has 1 unspecified atom stereocenters. The van der Waals surface area contributed by atoms with E-state index in [1.165, 1.54) is 0 Å². The summed E-state index contributed by atoms with van der Waals surface area (Å²) in [6.45, 7) is 0.575. The van der Waals surface area contributed by atoms with Gasteiger partial charge in [0.1, 0.15) is 17.4 Å². The lowest BCUT2D eigenvalue weighted by molar-refractivity contribution is 0.216. The third-order valence-electron chi connectivity index (χ3n) is 2.66. The highest BCUT2D eigenvalue weighted by Gasteiger charge is 2.23. The molecule has 0 bridgehead atoms. The number of halogens is 3. The molecule has 0 aromatic heterocycles. The summed E-state index contributed by atoms with van der Waals surface area (Å²) in [4.78, 5) is 0. The van der Waals surface area contributed by atoms with Gasteiger partial charge in [-0.2, -0.15) is 0 Å². The van der Waals surface area contributed by atoms with E-state index in [0.29, 0.717) is 12.4 Å². The van der Waals surface area contributed by atoms with Crippen molar-refractivity contribution in [2.24, 2.45) is 0 Å². The van der Waals surface area contributed by atoms with Crippen molar-refractivity contribution in [3.05, 3.63) is 46.2 Å². The minimum atomic E-state index is -0.637. The van der Waals surface area contributed by atoms with Crippen LogP contribution in [0.15, 0.2) is 24.0 Å². The van der Waals surface area contributed by atoms with Crippen LogP contribution in [-0.2, 0) is 4.74 Å². The van der Waals surface area contributed by atoms with Crippen molar-refractivity contribution in [1.29, 1.82) is 0 Å². The summed E-state index contributed by atoms with van der Waals surface area (Å²) in [5.74, 6) is -0.567. The first-order valence-electron chi connectivity index (χ1n) is 5.28. The number of likely N-dealkylation sites (N-methyl/N-ethyl adjacent to an activating group) is 1. The third-order valence-corrected chi connectivity index (χ3v) is 2.95. The molecule has 0 fully saturated rings. The zero-order valence-electron chi connectivity index (χ0n) is 9.27. The standard InChI is InChI=1S/C12H12ClF2NO/c1-16-12(11-3-2-4-17-11)7-5-10(15)8(13)6-9(7)14/h3,5-6,12,16H,2,4H2,1H3. The number of nitrogens with one attached hydrogen (secondary N) is 1. The molecule has 1 N–H and O–H groups in total. The van der Waals surface area contributed by atoms with Crippen molar-refractivity contribution in [1.82, 2.24) is 5.32 Å². The summed E-state index contributed by atoms with van der Waals surface area (Å²) in [6.07, 6.45) is 2.65. The molecular formula is C12H12ClF2NO. The number of benzene rings is 1. The Morgan fingerprint density at radius 2 is 2.12 bits per heavy atom. The topological polar surface area (TPSA) is 21.3 Å². The van der Waals surface area contributed by atoms with Gasteiger partial charge in [0.25, 0.3) is 0 Å². The second kappa shape index (κ2) is 5.02. The van der Waals surface area contributed by atoms with Gasteiger partial charge in [-0.1, -0.05) is 11.6 Å². The highest BCUT2D eigenvalue weighted by Crippen LogP contribution is 2.30. The van der Waals surface area contributed by atoms with E-state index >= 15 is 0 Å². The van der Waals surface area contributed by atoms with Crippen LogP contribution in [0.3, 0.4) is 0 Å². The van der Waals surface area contributed by atoms with Crippen LogP contribution in [0.1, 0.15) is 18.0 Å². The molecule has 2 nitrogen and oxygen atoms in total. The van der Waals surface area contributed by atoms with Gasteiger partial charge >= 0.3 is 0 Å². The first-order chi connectivity index (χ1) is 8.13.